The Bertz CT molecular complexity index is 694. The zero-order valence-corrected chi connectivity index (χ0v) is 14.4. The fourth-order valence-electron chi connectivity index (χ4n) is 3.46. The summed E-state index contributed by atoms with van der Waals surface area (Å²) in [5.41, 5.74) is 0.762. The molecule has 1 saturated heterocycles. The number of fused-ring (bicyclic) bond motifs is 1. The highest BCUT2D eigenvalue weighted by atomic mass is 16.6. The molecule has 1 aromatic rings. The van der Waals surface area contributed by atoms with E-state index in [1.807, 2.05) is 18.2 Å². The first-order valence-electron chi connectivity index (χ1n) is 8.80. The van der Waals surface area contributed by atoms with Gasteiger partial charge in [-0.05, 0) is 30.5 Å². The molecule has 2 heterocycles. The number of piperazine rings is 1. The van der Waals surface area contributed by atoms with Crippen LogP contribution in [0.4, 0.5) is 4.79 Å². The van der Waals surface area contributed by atoms with Crippen LogP contribution in [0.5, 0.6) is 11.5 Å². The number of nitrogens with zero attached hydrogens (tertiary/aromatic N) is 2. The molecule has 1 aromatic carbocycles. The summed E-state index contributed by atoms with van der Waals surface area (Å²) in [6, 6.07) is 5.85. The second-order valence-corrected chi connectivity index (χ2v) is 6.86. The van der Waals surface area contributed by atoms with Gasteiger partial charge in [0.05, 0.1) is 5.54 Å². The van der Waals surface area contributed by atoms with Gasteiger partial charge in [-0.3, -0.25) is 4.79 Å². The summed E-state index contributed by atoms with van der Waals surface area (Å²) >= 11 is 0. The summed E-state index contributed by atoms with van der Waals surface area (Å²) in [5, 5.41) is 3.19. The quantitative estimate of drug-likeness (QED) is 0.878. The molecule has 25 heavy (non-hydrogen) atoms. The maximum Gasteiger partial charge on any atom is 0.318 e. The van der Waals surface area contributed by atoms with Crippen molar-refractivity contribution in [1.82, 2.24) is 15.1 Å². The summed E-state index contributed by atoms with van der Waals surface area (Å²) in [6.45, 7) is 5.03. The highest BCUT2D eigenvalue weighted by Gasteiger charge is 2.47. The van der Waals surface area contributed by atoms with Crippen LogP contribution in [0.1, 0.15) is 25.3 Å². The molecule has 0 spiro atoms. The van der Waals surface area contributed by atoms with Gasteiger partial charge < -0.3 is 24.6 Å². The van der Waals surface area contributed by atoms with Gasteiger partial charge in [-0.1, -0.05) is 6.07 Å². The van der Waals surface area contributed by atoms with E-state index in [1.165, 1.54) is 0 Å². The van der Waals surface area contributed by atoms with Crippen LogP contribution in [0.2, 0.25) is 0 Å². The van der Waals surface area contributed by atoms with Gasteiger partial charge in [-0.15, -0.1) is 0 Å². The minimum atomic E-state index is -0.301. The van der Waals surface area contributed by atoms with E-state index in [0.717, 1.165) is 29.9 Å². The van der Waals surface area contributed by atoms with Crippen LogP contribution in [0.25, 0.3) is 0 Å². The molecule has 3 aliphatic rings. The molecule has 134 valence electrons. The molecule has 0 radical (unpaired) electrons. The third-order valence-electron chi connectivity index (χ3n) is 5.20. The zero-order valence-electron chi connectivity index (χ0n) is 14.4. The molecule has 0 aromatic heterocycles. The van der Waals surface area contributed by atoms with E-state index in [-0.39, 0.29) is 17.5 Å². The molecular weight excluding hydrogens is 322 g/mol. The van der Waals surface area contributed by atoms with Crippen molar-refractivity contribution in [3.63, 3.8) is 0 Å². The van der Waals surface area contributed by atoms with Crippen molar-refractivity contribution in [2.24, 2.45) is 0 Å². The summed E-state index contributed by atoms with van der Waals surface area (Å²) in [4.78, 5) is 27.6. The predicted octanol–water partition coefficient (Wildman–Crippen LogP) is 1.32. The summed E-state index contributed by atoms with van der Waals surface area (Å²) in [6.07, 6.45) is 1.84. The highest BCUT2D eigenvalue weighted by molar-refractivity contribution is 5.77. The number of hydrogen-bond acceptors (Lipinski definition) is 4. The molecular formula is C18H23N3O4. The van der Waals surface area contributed by atoms with Gasteiger partial charge >= 0.3 is 6.03 Å². The van der Waals surface area contributed by atoms with Crippen LogP contribution in [-0.4, -0.2) is 61.1 Å². The number of ether oxygens (including phenoxy) is 2. The molecule has 0 bridgehead atoms. The average Bonchev–Trinajstić information content (AvgIpc) is 3.42. The molecule has 7 heteroatoms. The number of nitrogens with one attached hydrogen (secondary N) is 1. The first-order chi connectivity index (χ1) is 12.1. The van der Waals surface area contributed by atoms with Gasteiger partial charge in [0.15, 0.2) is 11.5 Å². The maximum atomic E-state index is 12.6. The standard InChI is InChI=1S/C18H23N3O4/c1-13(22)20-6-8-21(9-7-20)17(23)19-18(4-5-18)14-2-3-15-16(12-14)25-11-10-24-15/h2-3,12H,4-11H2,1H3,(H,19,23). The Balaban J connectivity index is 1.42. The van der Waals surface area contributed by atoms with E-state index < -0.39 is 0 Å². The Morgan fingerprint density at radius 3 is 2.28 bits per heavy atom. The first kappa shape index (κ1) is 16.1. The predicted molar refractivity (Wildman–Crippen MR) is 90.7 cm³/mol. The number of carbonyl (C=O) groups excluding carboxylic acids is 2. The smallest absolute Gasteiger partial charge is 0.318 e. The Hall–Kier alpha value is -2.44. The second-order valence-electron chi connectivity index (χ2n) is 6.86. The van der Waals surface area contributed by atoms with Crippen LogP contribution < -0.4 is 14.8 Å². The molecule has 2 fully saturated rings. The first-order valence-corrected chi connectivity index (χ1v) is 8.80. The van der Waals surface area contributed by atoms with Crippen molar-refractivity contribution in [1.29, 1.82) is 0 Å². The molecule has 1 saturated carbocycles. The number of benzene rings is 1. The number of amides is 3. The molecule has 4 rings (SSSR count). The Morgan fingerprint density at radius 2 is 1.64 bits per heavy atom. The van der Waals surface area contributed by atoms with Gasteiger partial charge in [-0.2, -0.15) is 0 Å². The molecule has 0 unspecified atom stereocenters. The fourth-order valence-corrected chi connectivity index (χ4v) is 3.46. The van der Waals surface area contributed by atoms with Crippen molar-refractivity contribution in [3.05, 3.63) is 23.8 Å². The molecule has 1 N–H and O–H groups in total. The van der Waals surface area contributed by atoms with Crippen molar-refractivity contribution in [2.45, 2.75) is 25.3 Å². The lowest BCUT2D eigenvalue weighted by Gasteiger charge is -2.35. The van der Waals surface area contributed by atoms with E-state index in [2.05, 4.69) is 5.32 Å². The highest BCUT2D eigenvalue weighted by Crippen LogP contribution is 2.48. The van der Waals surface area contributed by atoms with Crippen molar-refractivity contribution in [3.8, 4) is 11.5 Å². The number of urea groups is 1. The van der Waals surface area contributed by atoms with E-state index in [1.54, 1.807) is 16.7 Å². The Kier molecular flexibility index (Phi) is 3.94. The monoisotopic (exact) mass is 345 g/mol. The third kappa shape index (κ3) is 3.10. The van der Waals surface area contributed by atoms with Crippen molar-refractivity contribution >= 4 is 11.9 Å². The van der Waals surface area contributed by atoms with E-state index >= 15 is 0 Å². The van der Waals surface area contributed by atoms with Gasteiger partial charge in [0.2, 0.25) is 5.91 Å². The molecule has 0 atom stereocenters. The minimum absolute atomic E-state index is 0.0596. The Labute approximate surface area is 146 Å². The van der Waals surface area contributed by atoms with Gasteiger partial charge in [0.25, 0.3) is 0 Å². The summed E-state index contributed by atoms with van der Waals surface area (Å²) in [7, 11) is 0. The Morgan fingerprint density at radius 1 is 1.00 bits per heavy atom. The summed E-state index contributed by atoms with van der Waals surface area (Å²) in [5.74, 6) is 1.58. The zero-order chi connectivity index (χ0) is 17.4. The SMILES string of the molecule is CC(=O)N1CCN(C(=O)NC2(c3ccc4c(c3)OCCO4)CC2)CC1. The van der Waals surface area contributed by atoms with Crippen LogP contribution in [0, 0.1) is 0 Å². The molecule has 3 amide bonds. The average molecular weight is 345 g/mol. The second kappa shape index (κ2) is 6.13. The topological polar surface area (TPSA) is 71.1 Å². The van der Waals surface area contributed by atoms with Gasteiger partial charge in [0, 0.05) is 33.1 Å². The van der Waals surface area contributed by atoms with E-state index in [9.17, 15) is 9.59 Å². The normalized spacial score (nSPS) is 20.8. The van der Waals surface area contributed by atoms with Gasteiger partial charge in [-0.25, -0.2) is 4.79 Å². The van der Waals surface area contributed by atoms with Crippen molar-refractivity contribution < 1.29 is 19.1 Å². The third-order valence-corrected chi connectivity index (χ3v) is 5.20. The van der Waals surface area contributed by atoms with Crippen LogP contribution >= 0.6 is 0 Å². The summed E-state index contributed by atoms with van der Waals surface area (Å²) < 4.78 is 11.2. The van der Waals surface area contributed by atoms with E-state index in [0.29, 0.717) is 39.4 Å². The van der Waals surface area contributed by atoms with Crippen molar-refractivity contribution in [2.75, 3.05) is 39.4 Å². The molecule has 1 aliphatic carbocycles. The lowest BCUT2D eigenvalue weighted by atomic mass is 10.0. The maximum absolute atomic E-state index is 12.6. The molecule has 2 aliphatic heterocycles. The minimum Gasteiger partial charge on any atom is -0.486 e. The number of rotatable bonds is 2. The number of hydrogen-bond donors (Lipinski definition) is 1. The van der Waals surface area contributed by atoms with Crippen LogP contribution in [0.3, 0.4) is 0 Å². The van der Waals surface area contributed by atoms with E-state index in [4.69, 9.17) is 9.47 Å². The van der Waals surface area contributed by atoms with Crippen LogP contribution in [0.15, 0.2) is 18.2 Å². The van der Waals surface area contributed by atoms with Gasteiger partial charge in [0.1, 0.15) is 13.2 Å². The fraction of sp³-hybridized carbons (Fsp3) is 0.556. The lowest BCUT2D eigenvalue weighted by Crippen LogP contribution is -2.54. The largest absolute Gasteiger partial charge is 0.486 e. The number of carbonyl (C=O) groups is 2. The van der Waals surface area contributed by atoms with Crippen LogP contribution in [-0.2, 0) is 10.3 Å². The lowest BCUT2D eigenvalue weighted by molar-refractivity contribution is -0.130. The molecule has 7 nitrogen and oxygen atoms in total.